The first kappa shape index (κ1) is 28.8. The summed E-state index contributed by atoms with van der Waals surface area (Å²) in [4.78, 5) is 10.7. The molecule has 0 fully saturated rings. The molecular weight excluding hydrogens is 635 g/mol. The van der Waals surface area contributed by atoms with Crippen molar-refractivity contribution >= 4 is 65.3 Å². The summed E-state index contributed by atoms with van der Waals surface area (Å²) in [5, 5.41) is 9.21. The second kappa shape index (κ2) is 11.2. The molecule has 0 amide bonds. The van der Waals surface area contributed by atoms with Gasteiger partial charge < -0.3 is 4.42 Å². The van der Waals surface area contributed by atoms with Gasteiger partial charge in [0, 0.05) is 49.2 Å². The van der Waals surface area contributed by atoms with E-state index in [1.807, 2.05) is 12.1 Å². The van der Waals surface area contributed by atoms with Crippen LogP contribution in [-0.2, 0) is 0 Å². The Morgan fingerprint density at radius 3 is 1.69 bits per heavy atom. The van der Waals surface area contributed by atoms with Crippen molar-refractivity contribution in [1.29, 1.82) is 0 Å². The summed E-state index contributed by atoms with van der Waals surface area (Å²) >= 11 is 0. The Labute approximate surface area is 298 Å². The lowest BCUT2D eigenvalue weighted by Crippen LogP contribution is -2.05. The molecule has 0 bridgehead atoms. The third-order valence-corrected chi connectivity index (χ3v) is 10.4. The molecule has 242 valence electrons. The zero-order valence-electron chi connectivity index (χ0n) is 28.0. The van der Waals surface area contributed by atoms with Gasteiger partial charge in [-0.1, -0.05) is 164 Å². The Morgan fingerprint density at radius 1 is 0.404 bits per heavy atom. The average molecular weight is 664 g/mol. The molecule has 0 spiro atoms. The molecule has 0 radical (unpaired) electrons. The van der Waals surface area contributed by atoms with Crippen LogP contribution >= 0.6 is 0 Å². The summed E-state index contributed by atoms with van der Waals surface area (Å²) in [5.41, 5.74) is 9.75. The van der Waals surface area contributed by atoms with Crippen LogP contribution in [0, 0.1) is 0 Å². The highest BCUT2D eigenvalue weighted by molar-refractivity contribution is 6.24. The number of benzene rings is 8. The molecule has 0 unspecified atom stereocenters. The van der Waals surface area contributed by atoms with Gasteiger partial charge in [-0.05, 0) is 28.3 Å². The second-order valence-corrected chi connectivity index (χ2v) is 13.3. The van der Waals surface area contributed by atoms with E-state index >= 15 is 0 Å². The number of para-hydroxylation sites is 2. The van der Waals surface area contributed by atoms with E-state index in [0.29, 0.717) is 5.95 Å². The first-order valence-corrected chi connectivity index (χ1v) is 17.6. The molecule has 4 heteroatoms. The number of fused-ring (bicyclic) bond motifs is 10. The van der Waals surface area contributed by atoms with Crippen molar-refractivity contribution < 1.29 is 4.42 Å². The zero-order chi connectivity index (χ0) is 34.2. The summed E-state index contributed by atoms with van der Waals surface area (Å²) < 4.78 is 9.09. The molecule has 0 aliphatic heterocycles. The second-order valence-electron chi connectivity index (χ2n) is 13.3. The fourth-order valence-corrected chi connectivity index (χ4v) is 8.07. The lowest BCUT2D eigenvalue weighted by Gasteiger charge is -2.14. The number of hydrogen-bond donors (Lipinski definition) is 0. The summed E-state index contributed by atoms with van der Waals surface area (Å²) in [5.74, 6) is 0.617. The van der Waals surface area contributed by atoms with E-state index in [1.54, 1.807) is 0 Å². The van der Waals surface area contributed by atoms with E-state index < -0.39 is 0 Å². The maximum atomic E-state index is 6.80. The summed E-state index contributed by atoms with van der Waals surface area (Å²) in [6.07, 6.45) is 0. The van der Waals surface area contributed by atoms with Crippen LogP contribution in [0.15, 0.2) is 180 Å². The third-order valence-electron chi connectivity index (χ3n) is 10.4. The van der Waals surface area contributed by atoms with Gasteiger partial charge in [-0.2, -0.15) is 0 Å². The Balaban J connectivity index is 1.29. The number of nitrogens with zero attached hydrogens (tertiary/aromatic N) is 3. The molecule has 4 nitrogen and oxygen atoms in total. The Bertz CT molecular complexity index is 3120. The van der Waals surface area contributed by atoms with Gasteiger partial charge in [0.05, 0.1) is 22.4 Å². The molecule has 0 saturated carbocycles. The van der Waals surface area contributed by atoms with Crippen molar-refractivity contribution in [1.82, 2.24) is 14.5 Å². The molecule has 0 N–H and O–H groups in total. The quantitative estimate of drug-likeness (QED) is 0.188. The van der Waals surface area contributed by atoms with Crippen LogP contribution in [0.4, 0.5) is 0 Å². The van der Waals surface area contributed by atoms with Crippen LogP contribution in [-0.4, -0.2) is 14.5 Å². The predicted molar refractivity (Wildman–Crippen MR) is 215 cm³/mol. The van der Waals surface area contributed by atoms with Gasteiger partial charge in [-0.25, -0.2) is 9.97 Å². The van der Waals surface area contributed by atoms with Crippen LogP contribution in [0.2, 0.25) is 0 Å². The Morgan fingerprint density at radius 2 is 0.962 bits per heavy atom. The maximum Gasteiger partial charge on any atom is 0.235 e. The van der Waals surface area contributed by atoms with Gasteiger partial charge in [0.2, 0.25) is 5.95 Å². The van der Waals surface area contributed by atoms with Crippen molar-refractivity contribution in [3.8, 4) is 39.6 Å². The zero-order valence-corrected chi connectivity index (χ0v) is 28.0. The van der Waals surface area contributed by atoms with Gasteiger partial charge in [0.1, 0.15) is 11.2 Å². The molecule has 52 heavy (non-hydrogen) atoms. The maximum absolute atomic E-state index is 6.80. The minimum absolute atomic E-state index is 0.617. The van der Waals surface area contributed by atoms with Crippen molar-refractivity contribution in [2.24, 2.45) is 0 Å². The fourth-order valence-electron chi connectivity index (χ4n) is 8.07. The van der Waals surface area contributed by atoms with E-state index in [0.717, 1.165) is 88.2 Å². The predicted octanol–water partition coefficient (Wildman–Crippen LogP) is 12.8. The number of hydrogen-bond acceptors (Lipinski definition) is 3. The highest BCUT2D eigenvalue weighted by Crippen LogP contribution is 2.44. The van der Waals surface area contributed by atoms with Crippen LogP contribution in [0.3, 0.4) is 0 Å². The minimum atomic E-state index is 0.617. The first-order chi connectivity index (χ1) is 25.8. The van der Waals surface area contributed by atoms with Crippen molar-refractivity contribution in [3.05, 3.63) is 176 Å². The van der Waals surface area contributed by atoms with Gasteiger partial charge in [0.25, 0.3) is 0 Å². The van der Waals surface area contributed by atoms with Crippen molar-refractivity contribution in [3.63, 3.8) is 0 Å². The lowest BCUT2D eigenvalue weighted by atomic mass is 9.98. The molecule has 3 aromatic heterocycles. The Kier molecular flexibility index (Phi) is 6.22. The molecule has 0 aliphatic rings. The average Bonchev–Trinajstić information content (AvgIpc) is 3.78. The summed E-state index contributed by atoms with van der Waals surface area (Å²) in [7, 11) is 0. The molecule has 8 aromatic carbocycles. The van der Waals surface area contributed by atoms with E-state index in [-0.39, 0.29) is 0 Å². The van der Waals surface area contributed by atoms with E-state index in [4.69, 9.17) is 14.4 Å². The number of furan rings is 1. The molecule has 0 aliphatic carbocycles. The number of aromatic nitrogens is 3. The molecule has 3 heterocycles. The van der Waals surface area contributed by atoms with Crippen molar-refractivity contribution in [2.75, 3.05) is 0 Å². The molecule has 11 rings (SSSR count). The van der Waals surface area contributed by atoms with Crippen molar-refractivity contribution in [2.45, 2.75) is 0 Å². The van der Waals surface area contributed by atoms with E-state index in [2.05, 4.69) is 168 Å². The van der Waals surface area contributed by atoms with Gasteiger partial charge >= 0.3 is 0 Å². The van der Waals surface area contributed by atoms with Crippen LogP contribution in [0.5, 0.6) is 0 Å². The van der Waals surface area contributed by atoms with E-state index in [9.17, 15) is 0 Å². The third kappa shape index (κ3) is 4.28. The highest BCUT2D eigenvalue weighted by atomic mass is 16.3. The standard InChI is InChI=1S/C48H29N3O/c1-3-15-32(16-4-1)41-29-42(33-17-5-2-6-18-33)50-48(49-41)51-45-35-20-10-8-14-31(35)25-27-38(45)36-21-11-22-37(46(36)51)39-23-12-24-40-44-34-19-9-7-13-30(34)26-28-43(44)52-47(39)40/h1-29H. The minimum Gasteiger partial charge on any atom is -0.455 e. The smallest absolute Gasteiger partial charge is 0.235 e. The molecule has 11 aromatic rings. The Hall–Kier alpha value is -7.04. The largest absolute Gasteiger partial charge is 0.455 e. The highest BCUT2D eigenvalue weighted by Gasteiger charge is 2.23. The fraction of sp³-hybridized carbons (Fsp3) is 0. The SMILES string of the molecule is c1ccc(-c2cc(-c3ccccc3)nc(-n3c4c(-c5cccc6c5oc5ccc7ccccc7c56)cccc4c4ccc5ccccc5c43)n2)cc1. The molecule has 0 atom stereocenters. The van der Waals surface area contributed by atoms with Gasteiger partial charge in [-0.15, -0.1) is 0 Å². The lowest BCUT2D eigenvalue weighted by molar-refractivity contribution is 0.670. The van der Waals surface area contributed by atoms with Crippen LogP contribution in [0.1, 0.15) is 0 Å². The summed E-state index contributed by atoms with van der Waals surface area (Å²) in [6.45, 7) is 0. The van der Waals surface area contributed by atoms with Gasteiger partial charge in [0.15, 0.2) is 0 Å². The van der Waals surface area contributed by atoms with Crippen LogP contribution in [0.25, 0.3) is 105 Å². The number of rotatable bonds is 4. The molecule has 0 saturated heterocycles. The molecular formula is C48H29N3O. The van der Waals surface area contributed by atoms with E-state index in [1.165, 1.54) is 10.8 Å². The normalized spacial score (nSPS) is 11.8. The van der Waals surface area contributed by atoms with Crippen LogP contribution < -0.4 is 0 Å². The van der Waals surface area contributed by atoms with Gasteiger partial charge in [-0.3, -0.25) is 4.57 Å². The summed E-state index contributed by atoms with van der Waals surface area (Å²) in [6, 6.07) is 61.8. The first-order valence-electron chi connectivity index (χ1n) is 17.6. The monoisotopic (exact) mass is 663 g/mol. The topological polar surface area (TPSA) is 43.9 Å².